The molecule has 1 aromatic heterocycles. The van der Waals surface area contributed by atoms with Gasteiger partial charge in [0.15, 0.2) is 0 Å². The summed E-state index contributed by atoms with van der Waals surface area (Å²) >= 11 is 0. The number of aromatic nitrogens is 2. The Balaban J connectivity index is 1.81. The Hall–Kier alpha value is -2.21. The van der Waals surface area contributed by atoms with E-state index in [-0.39, 0.29) is 11.7 Å². The maximum absolute atomic E-state index is 13.9. The Morgan fingerprint density at radius 2 is 2.14 bits per heavy atom. The minimum Gasteiger partial charge on any atom is -0.378 e. The fourth-order valence-corrected chi connectivity index (χ4v) is 2.49. The SMILES string of the molecule is CCc1ccc(-n2cc(C(=O)N3CCOCC3)cn2)cc1F. The van der Waals surface area contributed by atoms with Crippen molar-refractivity contribution in [1.29, 1.82) is 0 Å². The van der Waals surface area contributed by atoms with E-state index in [4.69, 9.17) is 4.74 Å². The van der Waals surface area contributed by atoms with Crippen LogP contribution in [-0.2, 0) is 11.2 Å². The van der Waals surface area contributed by atoms with Crippen LogP contribution in [0.15, 0.2) is 30.6 Å². The van der Waals surface area contributed by atoms with Crippen LogP contribution < -0.4 is 0 Å². The molecule has 116 valence electrons. The molecule has 3 rings (SSSR count). The minimum absolute atomic E-state index is 0.0693. The first kappa shape index (κ1) is 14.7. The van der Waals surface area contributed by atoms with Crippen LogP contribution in [0.25, 0.3) is 5.69 Å². The minimum atomic E-state index is -0.253. The van der Waals surface area contributed by atoms with Crippen molar-refractivity contribution in [3.63, 3.8) is 0 Å². The fourth-order valence-electron chi connectivity index (χ4n) is 2.49. The average molecular weight is 303 g/mol. The number of carbonyl (C=O) groups excluding carboxylic acids is 1. The van der Waals surface area contributed by atoms with Gasteiger partial charge in [-0.25, -0.2) is 9.07 Å². The third-order valence-electron chi connectivity index (χ3n) is 3.81. The molecule has 1 saturated heterocycles. The lowest BCUT2D eigenvalue weighted by atomic mass is 10.1. The van der Waals surface area contributed by atoms with Gasteiger partial charge in [-0.3, -0.25) is 4.79 Å². The van der Waals surface area contributed by atoms with E-state index >= 15 is 0 Å². The number of rotatable bonds is 3. The van der Waals surface area contributed by atoms with E-state index in [0.29, 0.717) is 49.5 Å². The van der Waals surface area contributed by atoms with Gasteiger partial charge in [-0.1, -0.05) is 13.0 Å². The Morgan fingerprint density at radius 1 is 1.36 bits per heavy atom. The van der Waals surface area contributed by atoms with Gasteiger partial charge < -0.3 is 9.64 Å². The van der Waals surface area contributed by atoms with E-state index in [0.717, 1.165) is 0 Å². The van der Waals surface area contributed by atoms with Gasteiger partial charge in [0.2, 0.25) is 0 Å². The van der Waals surface area contributed by atoms with Gasteiger partial charge >= 0.3 is 0 Å². The Labute approximate surface area is 128 Å². The van der Waals surface area contributed by atoms with Crippen LogP contribution in [0.1, 0.15) is 22.8 Å². The van der Waals surface area contributed by atoms with Gasteiger partial charge in [0.05, 0.1) is 30.7 Å². The van der Waals surface area contributed by atoms with Crippen LogP contribution in [0.5, 0.6) is 0 Å². The molecule has 2 aromatic rings. The zero-order valence-corrected chi connectivity index (χ0v) is 12.5. The third kappa shape index (κ3) is 2.87. The highest BCUT2D eigenvalue weighted by Crippen LogP contribution is 2.15. The van der Waals surface area contributed by atoms with E-state index in [2.05, 4.69) is 5.10 Å². The molecule has 0 atom stereocenters. The third-order valence-corrected chi connectivity index (χ3v) is 3.81. The summed E-state index contributed by atoms with van der Waals surface area (Å²) in [6, 6.07) is 4.99. The summed E-state index contributed by atoms with van der Waals surface area (Å²) in [5, 5.41) is 4.17. The van der Waals surface area contributed by atoms with Gasteiger partial charge in [0.1, 0.15) is 5.82 Å². The van der Waals surface area contributed by atoms with Crippen LogP contribution in [0.3, 0.4) is 0 Å². The molecule has 1 amide bonds. The summed E-state index contributed by atoms with van der Waals surface area (Å²) in [6.07, 6.45) is 3.80. The molecule has 0 saturated carbocycles. The molecule has 5 nitrogen and oxygen atoms in total. The molecule has 0 N–H and O–H groups in total. The van der Waals surface area contributed by atoms with Gasteiger partial charge in [0, 0.05) is 19.3 Å². The summed E-state index contributed by atoms with van der Waals surface area (Å²) in [7, 11) is 0. The molecule has 6 heteroatoms. The number of ether oxygens (including phenoxy) is 1. The van der Waals surface area contributed by atoms with Crippen molar-refractivity contribution in [2.24, 2.45) is 0 Å². The molecular weight excluding hydrogens is 285 g/mol. The van der Waals surface area contributed by atoms with Crippen molar-refractivity contribution < 1.29 is 13.9 Å². The second-order valence-corrected chi connectivity index (χ2v) is 5.21. The molecule has 1 aliphatic heterocycles. The molecule has 2 heterocycles. The molecule has 0 radical (unpaired) electrons. The van der Waals surface area contributed by atoms with Crippen molar-refractivity contribution in [2.45, 2.75) is 13.3 Å². The molecule has 0 spiro atoms. The number of amides is 1. The second kappa shape index (κ2) is 6.27. The lowest BCUT2D eigenvalue weighted by Gasteiger charge is -2.26. The first-order valence-corrected chi connectivity index (χ1v) is 7.39. The highest BCUT2D eigenvalue weighted by atomic mass is 19.1. The predicted molar refractivity (Wildman–Crippen MR) is 79.6 cm³/mol. The summed E-state index contributed by atoms with van der Waals surface area (Å²) in [4.78, 5) is 14.1. The number of nitrogens with zero attached hydrogens (tertiary/aromatic N) is 3. The zero-order valence-electron chi connectivity index (χ0n) is 12.5. The van der Waals surface area contributed by atoms with Crippen LogP contribution in [0.4, 0.5) is 4.39 Å². The van der Waals surface area contributed by atoms with E-state index in [9.17, 15) is 9.18 Å². The predicted octanol–water partition coefficient (Wildman–Crippen LogP) is 2.05. The normalized spacial score (nSPS) is 15.1. The summed E-state index contributed by atoms with van der Waals surface area (Å²) in [5.74, 6) is -0.322. The maximum atomic E-state index is 13.9. The number of halogens is 1. The van der Waals surface area contributed by atoms with Crippen LogP contribution in [0, 0.1) is 5.82 Å². The number of carbonyl (C=O) groups is 1. The summed E-state index contributed by atoms with van der Waals surface area (Å²) < 4.78 is 20.6. The molecular formula is C16H18FN3O2. The number of benzene rings is 1. The topological polar surface area (TPSA) is 47.4 Å². The van der Waals surface area contributed by atoms with Gasteiger partial charge in [-0.2, -0.15) is 5.10 Å². The van der Waals surface area contributed by atoms with Crippen LogP contribution in [-0.4, -0.2) is 46.9 Å². The highest BCUT2D eigenvalue weighted by Gasteiger charge is 2.20. The lowest BCUT2D eigenvalue weighted by Crippen LogP contribution is -2.40. The smallest absolute Gasteiger partial charge is 0.257 e. The molecule has 1 aliphatic rings. The second-order valence-electron chi connectivity index (χ2n) is 5.21. The zero-order chi connectivity index (χ0) is 15.5. The van der Waals surface area contributed by atoms with Crippen molar-refractivity contribution in [3.8, 4) is 5.69 Å². The maximum Gasteiger partial charge on any atom is 0.257 e. The highest BCUT2D eigenvalue weighted by molar-refractivity contribution is 5.93. The fraction of sp³-hybridized carbons (Fsp3) is 0.375. The van der Waals surface area contributed by atoms with Gasteiger partial charge in [-0.15, -0.1) is 0 Å². The van der Waals surface area contributed by atoms with E-state index in [1.54, 1.807) is 23.2 Å². The first-order valence-electron chi connectivity index (χ1n) is 7.39. The summed E-state index contributed by atoms with van der Waals surface area (Å²) in [6.45, 7) is 4.20. The molecule has 0 aliphatic carbocycles. The number of hydrogen-bond donors (Lipinski definition) is 0. The molecule has 1 fully saturated rings. The Kier molecular flexibility index (Phi) is 4.20. The number of hydrogen-bond acceptors (Lipinski definition) is 3. The lowest BCUT2D eigenvalue weighted by molar-refractivity contribution is 0.0303. The van der Waals surface area contributed by atoms with Crippen molar-refractivity contribution in [2.75, 3.05) is 26.3 Å². The van der Waals surface area contributed by atoms with E-state index in [1.165, 1.54) is 16.9 Å². The molecule has 0 bridgehead atoms. The van der Waals surface area contributed by atoms with Crippen molar-refractivity contribution in [3.05, 3.63) is 47.5 Å². The summed E-state index contributed by atoms with van der Waals surface area (Å²) in [5.41, 5.74) is 1.78. The van der Waals surface area contributed by atoms with Crippen molar-refractivity contribution >= 4 is 5.91 Å². The largest absolute Gasteiger partial charge is 0.378 e. The Morgan fingerprint density at radius 3 is 2.82 bits per heavy atom. The number of aryl methyl sites for hydroxylation is 1. The van der Waals surface area contributed by atoms with Crippen LogP contribution >= 0.6 is 0 Å². The standard InChI is InChI=1S/C16H18FN3O2/c1-2-12-3-4-14(9-15(12)17)20-11-13(10-18-20)16(21)19-5-7-22-8-6-19/h3-4,9-11H,2,5-8H2,1H3. The average Bonchev–Trinajstić information content (AvgIpc) is 3.05. The monoisotopic (exact) mass is 303 g/mol. The molecule has 1 aromatic carbocycles. The first-order chi connectivity index (χ1) is 10.7. The Bertz CT molecular complexity index is 678. The van der Waals surface area contributed by atoms with Crippen molar-refractivity contribution in [1.82, 2.24) is 14.7 Å². The van der Waals surface area contributed by atoms with Gasteiger partial charge in [0.25, 0.3) is 5.91 Å². The number of morpholine rings is 1. The van der Waals surface area contributed by atoms with E-state index in [1.807, 2.05) is 6.92 Å². The van der Waals surface area contributed by atoms with Crippen LogP contribution in [0.2, 0.25) is 0 Å². The molecule has 0 unspecified atom stereocenters. The molecule has 22 heavy (non-hydrogen) atoms. The quantitative estimate of drug-likeness (QED) is 0.872. The van der Waals surface area contributed by atoms with E-state index < -0.39 is 0 Å². The van der Waals surface area contributed by atoms with Gasteiger partial charge in [-0.05, 0) is 24.1 Å².